The van der Waals surface area contributed by atoms with E-state index in [-0.39, 0.29) is 44.0 Å². The van der Waals surface area contributed by atoms with Crippen LogP contribution in [0.2, 0.25) is 0 Å². The molecule has 0 aromatic carbocycles. The third kappa shape index (κ3) is 13.6. The number of rotatable bonds is 12. The number of ether oxygens (including phenoxy) is 8. The topological polar surface area (TPSA) is 229 Å². The summed E-state index contributed by atoms with van der Waals surface area (Å²) in [6, 6.07) is -0.732. The van der Waals surface area contributed by atoms with Crippen molar-refractivity contribution in [3.63, 3.8) is 0 Å². The minimum absolute atomic E-state index is 0.0208. The van der Waals surface area contributed by atoms with Crippen molar-refractivity contribution in [2.45, 2.75) is 205 Å². The number of likely N-dealkylation sites (N-methyl/N-ethyl adjacent to an activating group) is 1. The van der Waals surface area contributed by atoms with Crippen LogP contribution in [0.5, 0.6) is 0 Å². The molecule has 4 aliphatic rings. The average Bonchev–Trinajstić information content (AvgIpc) is 3.21. The lowest BCUT2D eigenvalue weighted by molar-refractivity contribution is -0.341. The fraction of sp³-hybridized carbons (Fsp3) is 0.891. The van der Waals surface area contributed by atoms with Crippen molar-refractivity contribution in [3.05, 3.63) is 11.6 Å². The molecule has 17 heteroatoms. The number of aliphatic hydroxyl groups is 5. The molecule has 0 spiro atoms. The molecule has 0 amide bonds. The Morgan fingerprint density at radius 2 is 1.54 bits per heavy atom. The third-order valence-corrected chi connectivity index (χ3v) is 13.8. The van der Waals surface area contributed by atoms with Crippen LogP contribution < -0.4 is 0 Å². The van der Waals surface area contributed by atoms with Gasteiger partial charge in [0.15, 0.2) is 18.9 Å². The Balaban J connectivity index is 1.60. The van der Waals surface area contributed by atoms with Gasteiger partial charge in [-0.15, -0.1) is 0 Å². The molecule has 21 atom stereocenters. The van der Waals surface area contributed by atoms with Crippen molar-refractivity contribution in [2.75, 3.05) is 27.8 Å². The fourth-order valence-electron chi connectivity index (χ4n) is 9.82. The SMILES string of the molecule is CC[C@H]1OC(=O)C[C@@H](O)[C@H](C)[C@@H](OC2OC(C)C(OC3CC(C)(O)C(O)C(C)O3)C(N(C)C)C2O)[C@@H](CC=O)C[C@@H](C)C(=O)CC/C(C)=C/[C@@H]1COC1OC(C)C(O)C(OC)C1C. The van der Waals surface area contributed by atoms with Crippen molar-refractivity contribution in [2.24, 2.45) is 29.6 Å². The summed E-state index contributed by atoms with van der Waals surface area (Å²) in [5, 5.41) is 55.7. The van der Waals surface area contributed by atoms with Crippen LogP contribution >= 0.6 is 0 Å². The molecular formula is C46H79NO16. The number of ketones is 1. The van der Waals surface area contributed by atoms with E-state index >= 15 is 0 Å². The number of aldehydes is 1. The molecule has 4 heterocycles. The van der Waals surface area contributed by atoms with Gasteiger partial charge < -0.3 is 73.1 Å². The van der Waals surface area contributed by atoms with Gasteiger partial charge in [-0.3, -0.25) is 9.59 Å². The predicted molar refractivity (Wildman–Crippen MR) is 229 cm³/mol. The van der Waals surface area contributed by atoms with E-state index in [9.17, 15) is 39.9 Å². The van der Waals surface area contributed by atoms with Gasteiger partial charge in [0, 0.05) is 50.0 Å². The van der Waals surface area contributed by atoms with Crippen LogP contribution in [-0.2, 0) is 52.3 Å². The molecule has 0 radical (unpaired) electrons. The molecule has 5 N–H and O–H groups in total. The number of cyclic esters (lactones) is 1. The first-order valence-electron chi connectivity index (χ1n) is 22.9. The van der Waals surface area contributed by atoms with Gasteiger partial charge in [0.25, 0.3) is 0 Å². The quantitative estimate of drug-likeness (QED) is 0.108. The van der Waals surface area contributed by atoms with Crippen molar-refractivity contribution in [1.82, 2.24) is 4.90 Å². The second-order valence-electron chi connectivity index (χ2n) is 19.2. The molecule has 0 aromatic heterocycles. The van der Waals surface area contributed by atoms with Crippen molar-refractivity contribution in [1.29, 1.82) is 0 Å². The highest BCUT2D eigenvalue weighted by molar-refractivity contribution is 5.80. The maximum absolute atomic E-state index is 13.8. The molecule has 63 heavy (non-hydrogen) atoms. The van der Waals surface area contributed by atoms with Gasteiger partial charge in [0.05, 0.1) is 61.3 Å². The smallest absolute Gasteiger partial charge is 0.308 e. The van der Waals surface area contributed by atoms with Gasteiger partial charge in [0.1, 0.15) is 42.6 Å². The van der Waals surface area contributed by atoms with Crippen LogP contribution in [0.1, 0.15) is 107 Å². The molecule has 4 aliphatic heterocycles. The minimum atomic E-state index is -1.48. The first-order chi connectivity index (χ1) is 29.5. The number of aliphatic hydroxyl groups excluding tert-OH is 4. The van der Waals surface area contributed by atoms with Gasteiger partial charge in [-0.25, -0.2) is 0 Å². The number of esters is 1. The maximum atomic E-state index is 13.8. The van der Waals surface area contributed by atoms with E-state index in [0.717, 1.165) is 11.9 Å². The molecule has 0 saturated carbocycles. The van der Waals surface area contributed by atoms with E-state index < -0.39 is 134 Å². The summed E-state index contributed by atoms with van der Waals surface area (Å²) < 4.78 is 49.3. The Morgan fingerprint density at radius 1 is 0.873 bits per heavy atom. The maximum Gasteiger partial charge on any atom is 0.308 e. The van der Waals surface area contributed by atoms with E-state index in [1.807, 2.05) is 26.8 Å². The van der Waals surface area contributed by atoms with E-state index in [2.05, 4.69) is 0 Å². The Hall–Kier alpha value is -1.97. The van der Waals surface area contributed by atoms with Gasteiger partial charge in [0.2, 0.25) is 0 Å². The summed E-state index contributed by atoms with van der Waals surface area (Å²) >= 11 is 0. The van der Waals surface area contributed by atoms with Gasteiger partial charge in [-0.05, 0) is 73.9 Å². The summed E-state index contributed by atoms with van der Waals surface area (Å²) in [6.07, 6.45) is -8.97. The number of nitrogens with zero attached hydrogens (tertiary/aromatic N) is 1. The van der Waals surface area contributed by atoms with E-state index in [1.54, 1.807) is 53.6 Å². The lowest BCUT2D eigenvalue weighted by Gasteiger charge is -2.50. The molecule has 0 aromatic rings. The van der Waals surface area contributed by atoms with Crippen LogP contribution in [0, 0.1) is 29.6 Å². The Labute approximate surface area is 374 Å². The first-order valence-corrected chi connectivity index (χ1v) is 22.9. The highest BCUT2D eigenvalue weighted by Crippen LogP contribution is 2.38. The normalized spacial score (nSPS) is 46.2. The molecule has 3 saturated heterocycles. The van der Waals surface area contributed by atoms with Crippen LogP contribution in [-0.4, -0.2) is 174 Å². The average molecular weight is 902 g/mol. The second kappa shape index (κ2) is 23.7. The second-order valence-corrected chi connectivity index (χ2v) is 19.2. The highest BCUT2D eigenvalue weighted by atomic mass is 16.7. The fourth-order valence-corrected chi connectivity index (χ4v) is 9.82. The van der Waals surface area contributed by atoms with Crippen molar-refractivity contribution < 1.29 is 77.8 Å². The summed E-state index contributed by atoms with van der Waals surface area (Å²) in [7, 11) is 5.06. The predicted octanol–water partition coefficient (Wildman–Crippen LogP) is 2.68. The summed E-state index contributed by atoms with van der Waals surface area (Å²) in [4.78, 5) is 41.6. The number of carbonyl (C=O) groups excluding carboxylic acids is 3. The summed E-state index contributed by atoms with van der Waals surface area (Å²) in [5.41, 5.74) is -0.589. The van der Waals surface area contributed by atoms with E-state index in [0.29, 0.717) is 12.8 Å². The first kappa shape index (κ1) is 53.6. The Bertz CT molecular complexity index is 1500. The molecule has 14 unspecified atom stereocenters. The largest absolute Gasteiger partial charge is 0.462 e. The molecule has 364 valence electrons. The van der Waals surface area contributed by atoms with Crippen LogP contribution in [0.4, 0.5) is 0 Å². The minimum Gasteiger partial charge on any atom is -0.462 e. The lowest BCUT2D eigenvalue weighted by Crippen LogP contribution is -2.65. The van der Waals surface area contributed by atoms with Crippen LogP contribution in [0.15, 0.2) is 11.6 Å². The summed E-state index contributed by atoms with van der Waals surface area (Å²) in [5.74, 6) is -3.38. The zero-order valence-corrected chi connectivity index (χ0v) is 39.5. The Morgan fingerprint density at radius 3 is 2.14 bits per heavy atom. The molecule has 0 aliphatic carbocycles. The van der Waals surface area contributed by atoms with Crippen LogP contribution in [0.25, 0.3) is 0 Å². The Kier molecular flexibility index (Phi) is 20.1. The van der Waals surface area contributed by atoms with Gasteiger partial charge in [-0.2, -0.15) is 0 Å². The number of carbonyl (C=O) groups is 3. The molecule has 3 fully saturated rings. The molecule has 17 nitrogen and oxygen atoms in total. The standard InChI is InChI=1S/C46H79NO16/c1-13-34-31(22-57-44-26(5)41(56-12)38(52)27(6)59-44)18-23(2)14-15-32(49)24(3)19-30(16-17-48)40(25(4)33(50)20-35(51)61-34)63-45-39(53)37(47(10)11)42(28(7)60-45)62-36-21-46(9,55)43(54)29(8)58-36/h17-18,24-31,33-34,36-45,50,52-55H,13-16,19-22H2,1-12H3/b23-18+/t24-,25+,26?,27?,28?,29?,30+,31-,33-,34-,36?,37?,38?,39?,40-,41?,42?,43?,44?,45?,46?/m1/s1. The number of hydrogen-bond donors (Lipinski definition) is 5. The van der Waals surface area contributed by atoms with Gasteiger partial charge in [-0.1, -0.05) is 39.3 Å². The zero-order valence-electron chi connectivity index (χ0n) is 39.5. The number of Topliss-reactive ketones (excluding diaryl/α,β-unsaturated/α-hetero) is 1. The van der Waals surface area contributed by atoms with Crippen LogP contribution in [0.3, 0.4) is 0 Å². The number of methoxy groups -OCH3 is 1. The number of allylic oxidation sites excluding steroid dienone is 1. The van der Waals surface area contributed by atoms with Crippen molar-refractivity contribution >= 4 is 18.0 Å². The van der Waals surface area contributed by atoms with Crippen molar-refractivity contribution in [3.8, 4) is 0 Å². The molecule has 0 bridgehead atoms. The molecule has 4 rings (SSSR count). The van der Waals surface area contributed by atoms with E-state index in [4.69, 9.17) is 37.9 Å². The summed E-state index contributed by atoms with van der Waals surface area (Å²) in [6.45, 7) is 15.9. The number of hydrogen-bond acceptors (Lipinski definition) is 17. The van der Waals surface area contributed by atoms with Gasteiger partial charge >= 0.3 is 5.97 Å². The third-order valence-electron chi connectivity index (χ3n) is 13.8. The highest BCUT2D eigenvalue weighted by Gasteiger charge is 2.51. The lowest BCUT2D eigenvalue weighted by atomic mass is 9.79. The monoisotopic (exact) mass is 902 g/mol. The molecular weight excluding hydrogens is 822 g/mol. The van der Waals surface area contributed by atoms with E-state index in [1.165, 1.54) is 14.0 Å². The zero-order chi connectivity index (χ0) is 47.1.